The van der Waals surface area contributed by atoms with Crippen LogP contribution in [0.3, 0.4) is 0 Å². The molecule has 0 amide bonds. The summed E-state index contributed by atoms with van der Waals surface area (Å²) in [4.78, 5) is 41.1. The number of aliphatic carboxylic acids is 2. The number of Topliss-reactive ketones (excluding diaryl/α,β-unsaturated/α-hetero) is 2. The second-order valence-electron chi connectivity index (χ2n) is 8.16. The fourth-order valence-electron chi connectivity index (χ4n) is 1.81. The molecule has 0 aromatic heterocycles. The largest absolute Gasteiger partial charge is 4.00 e. The minimum atomic E-state index is -4.67. The minimum absolute atomic E-state index is 0. The van der Waals surface area contributed by atoms with Crippen LogP contribution >= 0.6 is 0 Å². The first-order valence-corrected chi connectivity index (χ1v) is 11.3. The van der Waals surface area contributed by atoms with E-state index in [0.717, 1.165) is 0 Å². The van der Waals surface area contributed by atoms with E-state index < -0.39 is 73.4 Å². The molecule has 0 rings (SSSR count). The number of halogens is 6. The minimum Gasteiger partial charge on any atom is -0.550 e. The third-order valence-corrected chi connectivity index (χ3v) is 4.44. The molecular formula is C24H38F6O6Zr. The molecule has 0 aliphatic rings. The second kappa shape index (κ2) is 23.8. The maximum absolute atomic E-state index is 12.0. The van der Waals surface area contributed by atoms with E-state index in [4.69, 9.17) is 0 Å². The van der Waals surface area contributed by atoms with Crippen molar-refractivity contribution in [2.75, 3.05) is 0 Å². The Morgan fingerprint density at radius 3 is 0.892 bits per heavy atom. The van der Waals surface area contributed by atoms with E-state index in [9.17, 15) is 55.7 Å². The van der Waals surface area contributed by atoms with Crippen LogP contribution in [0, 0.1) is 23.7 Å². The van der Waals surface area contributed by atoms with E-state index in [-0.39, 0.29) is 26.2 Å². The Labute approximate surface area is 235 Å². The Kier molecular flexibility index (Phi) is 29.4. The number of hydrogen-bond donors (Lipinski definition) is 0. The quantitative estimate of drug-likeness (QED) is 0.199. The van der Waals surface area contributed by atoms with Gasteiger partial charge < -0.3 is 31.6 Å². The van der Waals surface area contributed by atoms with Gasteiger partial charge in [0.2, 0.25) is 0 Å². The van der Waals surface area contributed by atoms with Gasteiger partial charge in [-0.25, -0.2) is 0 Å². The Morgan fingerprint density at radius 2 is 0.811 bits per heavy atom. The summed E-state index contributed by atoms with van der Waals surface area (Å²) in [6, 6.07) is 0. The molecule has 0 aromatic rings. The monoisotopic (exact) mass is 626 g/mol. The van der Waals surface area contributed by atoms with Crippen molar-refractivity contribution < 1.29 is 81.9 Å². The van der Waals surface area contributed by atoms with Gasteiger partial charge in [0.25, 0.3) is 0 Å². The van der Waals surface area contributed by atoms with E-state index in [1.807, 2.05) is 0 Å². The zero-order valence-electron chi connectivity index (χ0n) is 22.6. The first-order valence-electron chi connectivity index (χ1n) is 11.3. The molecule has 0 aromatic carbocycles. The summed E-state index contributed by atoms with van der Waals surface area (Å²) in [6.45, 7) is 15.2. The van der Waals surface area contributed by atoms with Crippen molar-refractivity contribution in [3.05, 3.63) is 11.8 Å². The molecule has 13 heteroatoms. The topological polar surface area (TPSA) is 114 Å². The molecule has 2 unspecified atom stereocenters. The van der Waals surface area contributed by atoms with Crippen LogP contribution in [0.15, 0.2) is 0 Å². The smallest absolute Gasteiger partial charge is 0.550 e. The molecule has 6 nitrogen and oxygen atoms in total. The number of alkyl halides is 6. The van der Waals surface area contributed by atoms with Gasteiger partial charge in [-0.1, -0.05) is 27.7 Å². The van der Waals surface area contributed by atoms with E-state index in [1.165, 1.54) is 38.5 Å². The molecule has 2 atom stereocenters. The van der Waals surface area contributed by atoms with Crippen molar-refractivity contribution in [2.45, 2.75) is 106 Å². The number of rotatable bonds is 10. The molecule has 0 spiro atoms. The Hall–Kier alpha value is -1.26. The summed E-state index contributed by atoms with van der Waals surface area (Å²) < 4.78 is 71.9. The summed E-state index contributed by atoms with van der Waals surface area (Å²) in [6.07, 6.45) is -10.1. The van der Waals surface area contributed by atoms with Crippen LogP contribution in [0.1, 0.15) is 93.9 Å². The molecule has 0 N–H and O–H groups in total. The van der Waals surface area contributed by atoms with E-state index >= 15 is 0 Å². The molecule has 37 heavy (non-hydrogen) atoms. The van der Waals surface area contributed by atoms with Crippen LogP contribution < -0.4 is 10.2 Å². The average Bonchev–Trinajstić information content (AvgIpc) is 2.66. The predicted octanol–water partition coefficient (Wildman–Crippen LogP) is 4.59. The molecular weight excluding hydrogens is 589 g/mol. The van der Waals surface area contributed by atoms with Crippen molar-refractivity contribution in [1.29, 1.82) is 0 Å². The van der Waals surface area contributed by atoms with Crippen LogP contribution in [0.5, 0.6) is 0 Å². The van der Waals surface area contributed by atoms with E-state index in [2.05, 4.69) is 41.5 Å². The summed E-state index contributed by atoms with van der Waals surface area (Å²) in [5, 5.41) is 19.7. The summed E-state index contributed by atoms with van der Waals surface area (Å²) in [7, 11) is 0. The first-order chi connectivity index (χ1) is 16.1. The maximum Gasteiger partial charge on any atom is 4.00 e. The number of carbonyl (C=O) groups excluding carboxylic acids is 4. The van der Waals surface area contributed by atoms with Crippen LogP contribution in [-0.2, 0) is 45.4 Å². The number of ketones is 2. The van der Waals surface area contributed by atoms with Gasteiger partial charge >= 0.3 is 38.6 Å². The Balaban J connectivity index is -0.000000133. The zero-order valence-corrected chi connectivity index (χ0v) is 25.1. The normalized spacial score (nSPS) is 12.3. The molecule has 0 saturated heterocycles. The van der Waals surface area contributed by atoms with Crippen molar-refractivity contribution in [1.82, 2.24) is 0 Å². The van der Waals surface area contributed by atoms with Gasteiger partial charge in [0.15, 0.2) is 11.6 Å². The van der Waals surface area contributed by atoms with Crippen molar-refractivity contribution in [3.8, 4) is 0 Å². The fraction of sp³-hybridized carbons (Fsp3) is 0.750. The van der Waals surface area contributed by atoms with Gasteiger partial charge in [-0.3, -0.25) is 9.59 Å². The molecule has 0 bridgehead atoms. The Morgan fingerprint density at radius 1 is 0.622 bits per heavy atom. The SMILES string of the molecule is CCC(C(=O)CC(=O)[O-])C(F)(F)F.CCC(C(=O)CC(=O)[O-])C(F)(F)F.CC[C-](C)C.CC[C-](C)C.[Zr+4]. The summed E-state index contributed by atoms with van der Waals surface area (Å²) >= 11 is 0. The van der Waals surface area contributed by atoms with Crippen molar-refractivity contribution in [3.63, 3.8) is 0 Å². The third-order valence-electron chi connectivity index (χ3n) is 4.44. The van der Waals surface area contributed by atoms with Crippen molar-refractivity contribution >= 4 is 23.5 Å². The summed E-state index contributed by atoms with van der Waals surface area (Å²) in [5.41, 5.74) is 0. The molecule has 0 radical (unpaired) electrons. The number of carboxylic acid groups (broad SMARTS) is 2. The van der Waals surface area contributed by atoms with Gasteiger partial charge in [0.05, 0.1) is 0 Å². The number of carboxylic acids is 2. The average molecular weight is 628 g/mol. The predicted molar refractivity (Wildman–Crippen MR) is 119 cm³/mol. The number of carbonyl (C=O) groups is 4. The molecule has 0 aliphatic heterocycles. The third kappa shape index (κ3) is 30.9. The van der Waals surface area contributed by atoms with Gasteiger partial charge in [-0.05, 0) is 12.8 Å². The van der Waals surface area contributed by atoms with Crippen LogP contribution in [0.2, 0.25) is 0 Å². The fourth-order valence-corrected chi connectivity index (χ4v) is 1.81. The molecule has 0 saturated carbocycles. The Bertz CT molecular complexity index is 580. The molecule has 0 aliphatic carbocycles. The van der Waals surface area contributed by atoms with Gasteiger partial charge in [-0.15, -0.1) is 0 Å². The van der Waals surface area contributed by atoms with Gasteiger partial charge in [0, 0.05) is 24.8 Å². The van der Waals surface area contributed by atoms with E-state index in [1.54, 1.807) is 0 Å². The van der Waals surface area contributed by atoms with E-state index in [0.29, 0.717) is 0 Å². The second-order valence-corrected chi connectivity index (χ2v) is 8.16. The summed E-state index contributed by atoms with van der Waals surface area (Å²) in [5.74, 6) is -7.64. The standard InChI is InChI=1S/2C7H9F3O3.2C5H11.Zr/c2*1-2-4(7(8,9)10)5(11)3-6(12)13;2*1-4-5(2)3;/h2*4H,2-3H2,1H3,(H,12,13);2*4H2,1-3H3;/q;;2*-1;+4/p-2. The maximum atomic E-state index is 12.0. The van der Waals surface area contributed by atoms with Crippen LogP contribution in [0.25, 0.3) is 0 Å². The van der Waals surface area contributed by atoms with Crippen LogP contribution in [-0.4, -0.2) is 35.9 Å². The van der Waals surface area contributed by atoms with Crippen LogP contribution in [0.4, 0.5) is 26.3 Å². The van der Waals surface area contributed by atoms with Gasteiger partial charge in [0.1, 0.15) is 11.8 Å². The zero-order chi connectivity index (χ0) is 29.9. The van der Waals surface area contributed by atoms with Gasteiger partial charge in [-0.2, -0.15) is 66.9 Å². The number of hydrogen-bond acceptors (Lipinski definition) is 6. The molecule has 216 valence electrons. The first kappa shape index (κ1) is 45.6. The molecule has 0 fully saturated rings. The molecule has 0 heterocycles. The van der Waals surface area contributed by atoms with Crippen molar-refractivity contribution in [2.24, 2.45) is 11.8 Å².